The first kappa shape index (κ1) is 61.7. The van der Waals surface area contributed by atoms with Crippen LogP contribution in [-0.2, 0) is 38.6 Å². The van der Waals surface area contributed by atoms with Crippen molar-refractivity contribution in [1.29, 1.82) is 0 Å². The Morgan fingerprint density at radius 3 is 1.47 bits per heavy atom. The maximum Gasteiger partial charge on any atom is 0.252 e. The second-order valence-electron chi connectivity index (χ2n) is 29.8. The van der Waals surface area contributed by atoms with E-state index < -0.39 is 34.5 Å². The maximum atomic E-state index is 13.2. The quantitative estimate of drug-likeness (QED) is 0.0956. The van der Waals surface area contributed by atoms with Crippen LogP contribution in [0.15, 0.2) is 151 Å². The van der Waals surface area contributed by atoms with Crippen LogP contribution in [0, 0.1) is 0 Å². The number of furan rings is 1. The zero-order chi connectivity index (χ0) is 64.1. The van der Waals surface area contributed by atoms with Gasteiger partial charge in [-0.15, -0.1) is 0 Å². The minimum absolute atomic E-state index is 0.278. The number of anilines is 6. The summed E-state index contributed by atoms with van der Waals surface area (Å²) >= 11 is 0. The van der Waals surface area contributed by atoms with Gasteiger partial charge in [-0.3, -0.25) is 0 Å². The van der Waals surface area contributed by atoms with E-state index in [1.54, 1.807) is 6.08 Å². The molecule has 0 unspecified atom stereocenters. The number of fused-ring (bicyclic) bond motifs is 6. The van der Waals surface area contributed by atoms with Crippen LogP contribution in [0.5, 0.6) is 0 Å². The Morgan fingerprint density at radius 2 is 0.989 bits per heavy atom. The highest BCUT2D eigenvalue weighted by Crippen LogP contribution is 2.55. The summed E-state index contributed by atoms with van der Waals surface area (Å²) in [5, 5.41) is 54.7. The molecule has 0 atom stereocenters. The number of benzene rings is 7. The molecule has 0 aliphatic carbocycles. The fraction of sp³-hybridized carbons (Fsp3) is 0.316. The van der Waals surface area contributed by atoms with Crippen molar-refractivity contribution >= 4 is 103 Å². The molecular formula is C79H88BN3O5. The molecule has 11 rings (SSSR count). The van der Waals surface area contributed by atoms with Crippen molar-refractivity contribution < 1.29 is 24.8 Å². The van der Waals surface area contributed by atoms with Crippen molar-refractivity contribution in [3.63, 3.8) is 0 Å². The van der Waals surface area contributed by atoms with Gasteiger partial charge in [-0.2, -0.15) is 0 Å². The van der Waals surface area contributed by atoms with E-state index >= 15 is 0 Å². The zero-order valence-corrected chi connectivity index (χ0v) is 55.1. The molecule has 2 aliphatic heterocycles. The maximum absolute atomic E-state index is 13.2. The summed E-state index contributed by atoms with van der Waals surface area (Å²) in [7, 11) is 0. The molecular weight excluding hydrogens is 1080 g/mol. The van der Waals surface area contributed by atoms with E-state index in [-0.39, 0.29) is 10.8 Å². The van der Waals surface area contributed by atoms with Gasteiger partial charge in [0.2, 0.25) is 0 Å². The number of nitrogens with zero attached hydrogens (tertiary/aromatic N) is 3. The molecule has 88 heavy (non-hydrogen) atoms. The summed E-state index contributed by atoms with van der Waals surface area (Å²) in [6.07, 6.45) is 7.98. The van der Waals surface area contributed by atoms with Crippen LogP contribution in [-0.4, -0.2) is 31.7 Å². The van der Waals surface area contributed by atoms with Crippen LogP contribution in [0.3, 0.4) is 0 Å². The van der Waals surface area contributed by atoms with Gasteiger partial charge in [0.1, 0.15) is 11.0 Å². The van der Waals surface area contributed by atoms with E-state index in [0.717, 1.165) is 89.1 Å². The lowest BCUT2D eigenvalue weighted by molar-refractivity contribution is 0.0717. The average molecular weight is 1170 g/mol. The van der Waals surface area contributed by atoms with Gasteiger partial charge in [0, 0.05) is 77.8 Å². The molecule has 0 fully saturated rings. The lowest BCUT2D eigenvalue weighted by Crippen LogP contribution is -2.62. The molecule has 0 bridgehead atoms. The highest BCUT2D eigenvalue weighted by Gasteiger charge is 2.49. The molecule has 0 saturated carbocycles. The van der Waals surface area contributed by atoms with Gasteiger partial charge in [-0.25, -0.2) is 0 Å². The summed E-state index contributed by atoms with van der Waals surface area (Å²) in [5.41, 5.74) is 12.9. The van der Waals surface area contributed by atoms with Gasteiger partial charge in [0.15, 0.2) is 0 Å². The fourth-order valence-corrected chi connectivity index (χ4v) is 13.5. The Bertz CT molecular complexity index is 4430. The number of para-hydroxylation sites is 2. The summed E-state index contributed by atoms with van der Waals surface area (Å²) in [6.45, 7) is 49.5. The van der Waals surface area contributed by atoms with Gasteiger partial charge in [-0.05, 0) is 178 Å². The molecule has 0 saturated heterocycles. The molecule has 452 valence electrons. The summed E-state index contributed by atoms with van der Waals surface area (Å²) in [6, 6.07) is 42.8. The molecule has 2 aromatic heterocycles. The molecule has 7 aromatic carbocycles. The Balaban J connectivity index is 1.41. The van der Waals surface area contributed by atoms with Gasteiger partial charge < -0.3 is 39.2 Å². The first-order valence-corrected chi connectivity index (χ1v) is 31.0. The second kappa shape index (κ2) is 20.8. The minimum Gasteiger partial charge on any atom is -0.455 e. The normalized spacial score (nSPS) is 14.5. The van der Waals surface area contributed by atoms with Gasteiger partial charge >= 0.3 is 0 Å². The highest BCUT2D eigenvalue weighted by atomic mass is 16.3. The van der Waals surface area contributed by atoms with E-state index in [4.69, 9.17) is 4.42 Å². The highest BCUT2D eigenvalue weighted by molar-refractivity contribution is 7.00. The Morgan fingerprint density at radius 1 is 0.511 bits per heavy atom. The predicted molar refractivity (Wildman–Crippen MR) is 373 cm³/mol. The van der Waals surface area contributed by atoms with Gasteiger partial charge in [0.25, 0.3) is 6.71 Å². The van der Waals surface area contributed by atoms with Crippen LogP contribution in [0.1, 0.15) is 180 Å². The third kappa shape index (κ3) is 10.2. The van der Waals surface area contributed by atoms with Crippen molar-refractivity contribution in [1.82, 2.24) is 4.57 Å². The van der Waals surface area contributed by atoms with Crippen molar-refractivity contribution in [2.45, 2.75) is 163 Å². The number of allylic oxidation sites excluding steroid dienone is 2. The Labute approximate surface area is 521 Å². The predicted octanol–water partition coefficient (Wildman–Crippen LogP) is 15.7. The SMILES string of the molecule is C=C/C(c1cc(C(C)(C)O)c(N2c3cc4c(cc3B3c5ccc(C(C)(C)C)cc5N(c5c(C(C)(C)O)cc(C(C)(C)C)cc5C(C)(C)O)c5cc(C(C)(C)C)cc2c53)c(/C=C\C)c(C=C)n4-c2ccccc2)c(C(C)(C)O)c1)=c1/oc2ccccc2c1=C. The van der Waals surface area contributed by atoms with E-state index in [9.17, 15) is 20.4 Å². The average Bonchev–Trinajstić information content (AvgIpc) is 0.818. The molecule has 4 heterocycles. The first-order chi connectivity index (χ1) is 40.9. The minimum atomic E-state index is -1.54. The molecule has 9 heteroatoms. The van der Waals surface area contributed by atoms with Crippen LogP contribution in [0.4, 0.5) is 34.1 Å². The number of hydrogen-bond donors (Lipinski definition) is 4. The second-order valence-corrected chi connectivity index (χ2v) is 29.8. The summed E-state index contributed by atoms with van der Waals surface area (Å²) < 4.78 is 8.93. The monoisotopic (exact) mass is 1170 g/mol. The van der Waals surface area contributed by atoms with Crippen LogP contribution < -0.4 is 36.8 Å². The third-order valence-electron chi connectivity index (χ3n) is 18.1. The molecule has 0 radical (unpaired) electrons. The standard InChI is InChI=1S/C79H88BN3O5/c1-22-30-54-55-44-61-65(45-63(55)81(62(54)24-3)51-31-26-25-27-32-51)83(70-56(76(14,15)84)37-47(38-57(70)77(16,17)85)52(23-2)72-46(4)53-33-28-29-34-68(53)88-72)67-43-50(75(11,12)13)42-66-69(67)80(61)60-36-35-48(73(5,6)7)41-64(60)82(66)71-58(78(18,19)86)39-49(74(8,9)10)40-59(71)79(20,21)87/h22-45,84-87H,2-4H2,1,5-21H3/b30-22-,72-52-. The van der Waals surface area contributed by atoms with E-state index in [2.05, 4.69) is 187 Å². The van der Waals surface area contributed by atoms with Crippen LogP contribution in [0.25, 0.3) is 51.9 Å². The zero-order valence-electron chi connectivity index (χ0n) is 55.1. The largest absolute Gasteiger partial charge is 0.455 e. The summed E-state index contributed by atoms with van der Waals surface area (Å²) in [4.78, 5) is 4.67. The molecule has 4 N–H and O–H groups in total. The number of aliphatic hydroxyl groups is 4. The fourth-order valence-electron chi connectivity index (χ4n) is 13.5. The van der Waals surface area contributed by atoms with Crippen molar-refractivity contribution in [3.8, 4) is 5.69 Å². The molecule has 0 amide bonds. The van der Waals surface area contributed by atoms with E-state index in [0.29, 0.717) is 61.0 Å². The molecule has 2 aliphatic rings. The lowest BCUT2D eigenvalue weighted by atomic mass is 9.33. The van der Waals surface area contributed by atoms with Crippen molar-refractivity contribution in [3.05, 3.63) is 213 Å². The lowest BCUT2D eigenvalue weighted by Gasteiger charge is -2.48. The molecule has 0 spiro atoms. The topological polar surface area (TPSA) is 105 Å². The Kier molecular flexibility index (Phi) is 14.6. The van der Waals surface area contributed by atoms with Gasteiger partial charge in [-0.1, -0.05) is 167 Å². The first-order valence-electron chi connectivity index (χ1n) is 31.0. The Hall–Kier alpha value is -7.92. The molecule has 8 nitrogen and oxygen atoms in total. The van der Waals surface area contributed by atoms with Crippen LogP contribution in [0.2, 0.25) is 0 Å². The van der Waals surface area contributed by atoms with E-state index in [1.807, 2.05) is 111 Å². The van der Waals surface area contributed by atoms with Gasteiger partial charge in [0.05, 0.1) is 45.0 Å². The number of hydrogen-bond acceptors (Lipinski definition) is 7. The van der Waals surface area contributed by atoms with Crippen LogP contribution >= 0.6 is 0 Å². The number of aromatic nitrogens is 1. The third-order valence-corrected chi connectivity index (χ3v) is 18.1. The van der Waals surface area contributed by atoms with Crippen molar-refractivity contribution in [2.75, 3.05) is 9.80 Å². The van der Waals surface area contributed by atoms with Crippen molar-refractivity contribution in [2.24, 2.45) is 0 Å². The van der Waals surface area contributed by atoms with E-state index in [1.165, 1.54) is 0 Å². The molecule has 9 aromatic rings. The number of rotatable bonds is 11. The summed E-state index contributed by atoms with van der Waals surface area (Å²) in [5.74, 6) is 0. The smallest absolute Gasteiger partial charge is 0.252 e.